The summed E-state index contributed by atoms with van der Waals surface area (Å²) in [7, 11) is 1.66. The maximum Gasteiger partial charge on any atom is 0.228 e. The quantitative estimate of drug-likeness (QED) is 0.849. The van der Waals surface area contributed by atoms with E-state index in [1.54, 1.807) is 7.11 Å². The van der Waals surface area contributed by atoms with Crippen molar-refractivity contribution in [1.29, 1.82) is 0 Å². The topological polar surface area (TPSA) is 47.5 Å². The number of rotatable bonds is 5. The molecule has 5 heteroatoms. The number of benzene rings is 1. The molecule has 1 saturated heterocycles. The van der Waals surface area contributed by atoms with Crippen LogP contribution in [0.4, 0.5) is 5.95 Å². The van der Waals surface area contributed by atoms with Crippen LogP contribution in [0.1, 0.15) is 24.1 Å². The summed E-state index contributed by atoms with van der Waals surface area (Å²) in [4.78, 5) is 11.3. The Hall–Kier alpha value is -2.30. The first kappa shape index (κ1) is 14.6. The van der Waals surface area contributed by atoms with Crippen LogP contribution < -0.4 is 14.4 Å². The van der Waals surface area contributed by atoms with Crippen LogP contribution >= 0.6 is 0 Å². The van der Waals surface area contributed by atoms with Gasteiger partial charge in [-0.05, 0) is 37.5 Å². The molecule has 0 aliphatic carbocycles. The molecule has 0 unspecified atom stereocenters. The molecule has 0 saturated carbocycles. The molecule has 0 radical (unpaired) electrons. The molecule has 1 aliphatic rings. The zero-order valence-electron chi connectivity index (χ0n) is 13.1. The maximum absolute atomic E-state index is 5.84. The summed E-state index contributed by atoms with van der Waals surface area (Å²) in [6, 6.07) is 9.73. The van der Waals surface area contributed by atoms with Crippen molar-refractivity contribution >= 4 is 5.95 Å². The van der Waals surface area contributed by atoms with Gasteiger partial charge in [-0.3, -0.25) is 0 Å². The van der Waals surface area contributed by atoms with Gasteiger partial charge in [-0.2, -0.15) is 4.98 Å². The summed E-state index contributed by atoms with van der Waals surface area (Å²) in [6.07, 6.45) is 2.41. The summed E-state index contributed by atoms with van der Waals surface area (Å²) >= 11 is 0. The van der Waals surface area contributed by atoms with Crippen LogP contribution in [0.5, 0.6) is 11.6 Å². The number of hydrogen-bond acceptors (Lipinski definition) is 5. The molecule has 22 heavy (non-hydrogen) atoms. The normalized spacial score (nSPS) is 14.2. The highest BCUT2D eigenvalue weighted by Crippen LogP contribution is 2.21. The first-order valence-electron chi connectivity index (χ1n) is 7.61. The van der Waals surface area contributed by atoms with Gasteiger partial charge in [-0.1, -0.05) is 12.1 Å². The Balaban J connectivity index is 1.71. The van der Waals surface area contributed by atoms with E-state index in [9.17, 15) is 0 Å². The molecule has 2 heterocycles. The van der Waals surface area contributed by atoms with Crippen molar-refractivity contribution in [2.24, 2.45) is 0 Å². The van der Waals surface area contributed by atoms with Crippen LogP contribution in [-0.2, 0) is 6.61 Å². The Morgan fingerprint density at radius 1 is 1.14 bits per heavy atom. The molecule has 116 valence electrons. The SMILES string of the molecule is COc1cccc(COc2cc(C)nc(N3CCCC3)n2)c1. The van der Waals surface area contributed by atoms with E-state index in [2.05, 4.69) is 14.9 Å². The summed E-state index contributed by atoms with van der Waals surface area (Å²) in [5, 5.41) is 0. The molecule has 3 rings (SSSR count). The lowest BCUT2D eigenvalue weighted by molar-refractivity contribution is 0.292. The molecule has 0 N–H and O–H groups in total. The summed E-state index contributed by atoms with van der Waals surface area (Å²) in [5.41, 5.74) is 1.98. The smallest absolute Gasteiger partial charge is 0.228 e. The molecule has 0 atom stereocenters. The number of nitrogens with zero attached hydrogens (tertiary/aromatic N) is 3. The molecule has 2 aromatic rings. The standard InChI is InChI=1S/C17H21N3O2/c1-13-10-16(19-17(18-13)20-8-3-4-9-20)22-12-14-6-5-7-15(11-14)21-2/h5-7,10-11H,3-4,8-9,12H2,1-2H3. The highest BCUT2D eigenvalue weighted by Gasteiger charge is 2.16. The molecular weight excluding hydrogens is 278 g/mol. The zero-order valence-corrected chi connectivity index (χ0v) is 13.1. The van der Waals surface area contributed by atoms with E-state index in [1.165, 1.54) is 12.8 Å². The minimum absolute atomic E-state index is 0.465. The van der Waals surface area contributed by atoms with Gasteiger partial charge in [0.15, 0.2) is 0 Å². The van der Waals surface area contributed by atoms with Crippen molar-refractivity contribution in [1.82, 2.24) is 9.97 Å². The molecule has 1 aromatic heterocycles. The van der Waals surface area contributed by atoms with Gasteiger partial charge < -0.3 is 14.4 Å². The van der Waals surface area contributed by atoms with Crippen LogP contribution in [0.2, 0.25) is 0 Å². The predicted molar refractivity (Wildman–Crippen MR) is 85.5 cm³/mol. The minimum Gasteiger partial charge on any atom is -0.497 e. The fourth-order valence-corrected chi connectivity index (χ4v) is 2.58. The van der Waals surface area contributed by atoms with E-state index >= 15 is 0 Å². The second-order valence-corrected chi connectivity index (χ2v) is 5.48. The molecule has 1 fully saturated rings. The monoisotopic (exact) mass is 299 g/mol. The Bertz CT molecular complexity index is 640. The second-order valence-electron chi connectivity index (χ2n) is 5.48. The minimum atomic E-state index is 0.465. The largest absolute Gasteiger partial charge is 0.497 e. The molecule has 0 bridgehead atoms. The lowest BCUT2D eigenvalue weighted by Crippen LogP contribution is -2.21. The molecule has 0 amide bonds. The molecular formula is C17H21N3O2. The van der Waals surface area contributed by atoms with Crippen molar-refractivity contribution in [2.45, 2.75) is 26.4 Å². The number of ether oxygens (including phenoxy) is 2. The third kappa shape index (κ3) is 3.47. The number of methoxy groups -OCH3 is 1. The van der Waals surface area contributed by atoms with Gasteiger partial charge in [-0.15, -0.1) is 0 Å². The van der Waals surface area contributed by atoms with Gasteiger partial charge >= 0.3 is 0 Å². The lowest BCUT2D eigenvalue weighted by Gasteiger charge is -2.16. The van der Waals surface area contributed by atoms with Crippen LogP contribution in [0.15, 0.2) is 30.3 Å². The Labute approximate surface area is 130 Å². The van der Waals surface area contributed by atoms with E-state index in [4.69, 9.17) is 9.47 Å². The van der Waals surface area contributed by atoms with Gasteiger partial charge in [0, 0.05) is 24.8 Å². The summed E-state index contributed by atoms with van der Waals surface area (Å²) in [6.45, 7) is 4.49. The van der Waals surface area contributed by atoms with Crippen molar-refractivity contribution in [3.63, 3.8) is 0 Å². The number of anilines is 1. The predicted octanol–water partition coefficient (Wildman–Crippen LogP) is 2.97. The second kappa shape index (κ2) is 6.64. The third-order valence-electron chi connectivity index (χ3n) is 3.73. The van der Waals surface area contributed by atoms with Crippen molar-refractivity contribution in [2.75, 3.05) is 25.1 Å². The zero-order chi connectivity index (χ0) is 15.4. The van der Waals surface area contributed by atoms with Crippen LogP contribution in [0.3, 0.4) is 0 Å². The van der Waals surface area contributed by atoms with Crippen LogP contribution in [0.25, 0.3) is 0 Å². The Morgan fingerprint density at radius 3 is 2.73 bits per heavy atom. The Morgan fingerprint density at radius 2 is 1.95 bits per heavy atom. The van der Waals surface area contributed by atoms with Gasteiger partial charge in [0.05, 0.1) is 7.11 Å². The molecule has 0 spiro atoms. The maximum atomic E-state index is 5.84. The first-order chi connectivity index (χ1) is 10.7. The van der Waals surface area contributed by atoms with E-state index in [0.717, 1.165) is 36.0 Å². The van der Waals surface area contributed by atoms with Crippen molar-refractivity contribution < 1.29 is 9.47 Å². The first-order valence-corrected chi connectivity index (χ1v) is 7.61. The molecule has 5 nitrogen and oxygen atoms in total. The fraction of sp³-hybridized carbons (Fsp3) is 0.412. The average Bonchev–Trinajstić information content (AvgIpc) is 3.07. The van der Waals surface area contributed by atoms with E-state index in [1.807, 2.05) is 37.3 Å². The van der Waals surface area contributed by atoms with Crippen LogP contribution in [0, 0.1) is 6.92 Å². The highest BCUT2D eigenvalue weighted by atomic mass is 16.5. The summed E-state index contributed by atoms with van der Waals surface area (Å²) < 4.78 is 11.1. The Kier molecular flexibility index (Phi) is 4.42. The highest BCUT2D eigenvalue weighted by molar-refractivity contribution is 5.35. The third-order valence-corrected chi connectivity index (χ3v) is 3.73. The summed E-state index contributed by atoms with van der Waals surface area (Å²) in [5.74, 6) is 2.23. The van der Waals surface area contributed by atoms with Crippen molar-refractivity contribution in [3.8, 4) is 11.6 Å². The van der Waals surface area contributed by atoms with Gasteiger partial charge in [0.25, 0.3) is 0 Å². The average molecular weight is 299 g/mol. The fourth-order valence-electron chi connectivity index (χ4n) is 2.58. The van der Waals surface area contributed by atoms with Gasteiger partial charge in [0.1, 0.15) is 12.4 Å². The van der Waals surface area contributed by atoms with Gasteiger partial charge in [-0.25, -0.2) is 4.98 Å². The molecule has 1 aliphatic heterocycles. The molecule has 1 aromatic carbocycles. The van der Waals surface area contributed by atoms with Crippen molar-refractivity contribution in [3.05, 3.63) is 41.6 Å². The van der Waals surface area contributed by atoms with E-state index in [-0.39, 0.29) is 0 Å². The van der Waals surface area contributed by atoms with E-state index < -0.39 is 0 Å². The number of aromatic nitrogens is 2. The van der Waals surface area contributed by atoms with Crippen LogP contribution in [-0.4, -0.2) is 30.2 Å². The number of hydrogen-bond donors (Lipinski definition) is 0. The lowest BCUT2D eigenvalue weighted by atomic mass is 10.2. The van der Waals surface area contributed by atoms with E-state index in [0.29, 0.717) is 12.5 Å². The van der Waals surface area contributed by atoms with Gasteiger partial charge in [0.2, 0.25) is 11.8 Å². The number of aryl methyl sites for hydroxylation is 1.